The second-order valence-electron chi connectivity index (χ2n) is 7.02. The van der Waals surface area contributed by atoms with Gasteiger partial charge in [0, 0.05) is 13.0 Å². The second-order valence-corrected chi connectivity index (χ2v) is 7.97. The molecule has 6 nitrogen and oxygen atoms in total. The summed E-state index contributed by atoms with van der Waals surface area (Å²) in [6.07, 6.45) is 2.29. The molecule has 1 amide bonds. The highest BCUT2D eigenvalue weighted by Gasteiger charge is 2.35. The van der Waals surface area contributed by atoms with E-state index in [0.29, 0.717) is 13.0 Å². The van der Waals surface area contributed by atoms with Crippen LogP contribution in [0.1, 0.15) is 28.7 Å². The molecule has 1 atom stereocenters. The first-order valence-electron chi connectivity index (χ1n) is 9.42. The predicted octanol–water partition coefficient (Wildman–Crippen LogP) is 4.16. The summed E-state index contributed by atoms with van der Waals surface area (Å²) in [6.45, 7) is 0.902. The van der Waals surface area contributed by atoms with E-state index in [1.54, 1.807) is 29.7 Å². The lowest BCUT2D eigenvalue weighted by Gasteiger charge is -2.23. The Morgan fingerprint density at radius 3 is 2.93 bits per heavy atom. The van der Waals surface area contributed by atoms with Gasteiger partial charge in [0.2, 0.25) is 0 Å². The van der Waals surface area contributed by atoms with Gasteiger partial charge in [0.25, 0.3) is 5.91 Å². The van der Waals surface area contributed by atoms with E-state index >= 15 is 0 Å². The number of furan rings is 1. The van der Waals surface area contributed by atoms with Crippen molar-refractivity contribution in [3.05, 3.63) is 76.4 Å². The summed E-state index contributed by atoms with van der Waals surface area (Å²) in [5.41, 5.74) is 2.01. The molecule has 0 bridgehead atoms. The molecule has 1 unspecified atom stereocenters. The zero-order valence-electron chi connectivity index (χ0n) is 16.4. The first kappa shape index (κ1) is 19.4. The number of hydrogen-bond donors (Lipinski definition) is 0. The number of rotatable bonds is 7. The van der Waals surface area contributed by atoms with Gasteiger partial charge in [-0.2, -0.15) is 5.10 Å². The van der Waals surface area contributed by atoms with Crippen molar-refractivity contribution in [2.45, 2.75) is 19.0 Å². The maximum absolute atomic E-state index is 13.1. The quantitative estimate of drug-likeness (QED) is 0.588. The van der Waals surface area contributed by atoms with Crippen LogP contribution in [0.3, 0.4) is 0 Å². The summed E-state index contributed by atoms with van der Waals surface area (Å²) < 4.78 is 10.9. The monoisotopic (exact) mass is 409 g/mol. The van der Waals surface area contributed by atoms with E-state index < -0.39 is 0 Å². The van der Waals surface area contributed by atoms with Crippen LogP contribution in [0.2, 0.25) is 0 Å². The van der Waals surface area contributed by atoms with Gasteiger partial charge in [0.05, 0.1) is 30.5 Å². The van der Waals surface area contributed by atoms with E-state index in [2.05, 4.69) is 5.10 Å². The highest BCUT2D eigenvalue weighted by molar-refractivity contribution is 7.12. The molecule has 0 saturated heterocycles. The van der Waals surface area contributed by atoms with Crippen molar-refractivity contribution >= 4 is 23.0 Å². The minimum absolute atomic E-state index is 0.0525. The second kappa shape index (κ2) is 8.63. The van der Waals surface area contributed by atoms with Gasteiger partial charge in [-0.05, 0) is 48.3 Å². The average Bonchev–Trinajstić information content (AvgIpc) is 3.48. The Balaban J connectivity index is 1.48. The van der Waals surface area contributed by atoms with Crippen LogP contribution in [0.4, 0.5) is 0 Å². The van der Waals surface area contributed by atoms with Gasteiger partial charge in [-0.25, -0.2) is 5.01 Å². The number of hydrogen-bond acceptors (Lipinski definition) is 6. The minimum atomic E-state index is -0.209. The Bertz CT molecular complexity index is 983. The summed E-state index contributed by atoms with van der Waals surface area (Å²) in [4.78, 5) is 16.2. The molecule has 150 valence electrons. The molecule has 29 heavy (non-hydrogen) atoms. The predicted molar refractivity (Wildman–Crippen MR) is 113 cm³/mol. The fraction of sp³-hybridized carbons (Fsp3) is 0.273. The van der Waals surface area contributed by atoms with Crippen molar-refractivity contribution in [2.75, 3.05) is 20.7 Å². The van der Waals surface area contributed by atoms with Crippen LogP contribution in [0.15, 0.2) is 69.7 Å². The van der Waals surface area contributed by atoms with Crippen LogP contribution in [0, 0.1) is 0 Å². The molecule has 7 heteroatoms. The molecule has 3 heterocycles. The molecule has 0 radical (unpaired) electrons. The van der Waals surface area contributed by atoms with E-state index in [-0.39, 0.29) is 18.5 Å². The van der Waals surface area contributed by atoms with Gasteiger partial charge >= 0.3 is 0 Å². The van der Waals surface area contributed by atoms with E-state index in [0.717, 1.165) is 27.7 Å². The van der Waals surface area contributed by atoms with Crippen molar-refractivity contribution in [1.82, 2.24) is 9.91 Å². The smallest absolute Gasteiger partial charge is 0.257 e. The number of nitrogens with zero attached hydrogens (tertiary/aromatic N) is 3. The Morgan fingerprint density at radius 1 is 1.31 bits per heavy atom. The number of carbonyl (C=O) groups is 1. The maximum atomic E-state index is 13.1. The van der Waals surface area contributed by atoms with Crippen LogP contribution >= 0.6 is 11.3 Å². The van der Waals surface area contributed by atoms with Crippen LogP contribution in [-0.4, -0.2) is 42.2 Å². The van der Waals surface area contributed by atoms with Gasteiger partial charge in [0.15, 0.2) is 0 Å². The first-order chi connectivity index (χ1) is 14.1. The summed E-state index contributed by atoms with van der Waals surface area (Å²) in [6, 6.07) is 15.4. The normalized spacial score (nSPS) is 16.3. The van der Waals surface area contributed by atoms with Gasteiger partial charge < -0.3 is 9.15 Å². The lowest BCUT2D eigenvalue weighted by atomic mass is 10.1. The molecule has 0 spiro atoms. The zero-order chi connectivity index (χ0) is 20.2. The molecule has 1 aliphatic rings. The summed E-state index contributed by atoms with van der Waals surface area (Å²) in [5.74, 6) is 1.51. The fourth-order valence-corrected chi connectivity index (χ4v) is 4.20. The standard InChI is InChI=1S/C22H23N3O3S/c1-24(14-16-6-3-7-17(12-16)27-2)15-22(26)25-19(20-8-4-10-28-20)13-18(23-25)21-9-5-11-29-21/h3-12,19H,13-15H2,1-2H3. The Labute approximate surface area is 174 Å². The Morgan fingerprint density at radius 2 is 2.21 bits per heavy atom. The van der Waals surface area contributed by atoms with E-state index in [9.17, 15) is 4.79 Å². The van der Waals surface area contributed by atoms with Crippen LogP contribution < -0.4 is 4.74 Å². The van der Waals surface area contributed by atoms with Gasteiger partial charge in [-0.1, -0.05) is 18.2 Å². The molecular formula is C22H23N3O3S. The van der Waals surface area contributed by atoms with Crippen LogP contribution in [0.25, 0.3) is 0 Å². The van der Waals surface area contributed by atoms with Gasteiger partial charge in [0.1, 0.15) is 17.6 Å². The van der Waals surface area contributed by atoms with Crippen LogP contribution in [0.5, 0.6) is 5.75 Å². The third kappa shape index (κ3) is 4.41. The maximum Gasteiger partial charge on any atom is 0.257 e. The Hall–Kier alpha value is -2.90. The SMILES string of the molecule is COc1cccc(CN(C)CC(=O)N2N=C(c3cccs3)CC2c2ccco2)c1. The molecule has 0 N–H and O–H groups in total. The number of ether oxygens (including phenoxy) is 1. The number of likely N-dealkylation sites (N-methyl/N-ethyl adjacent to an activating group) is 1. The summed E-state index contributed by atoms with van der Waals surface area (Å²) in [7, 11) is 3.58. The van der Waals surface area contributed by atoms with Gasteiger partial charge in [-0.3, -0.25) is 9.69 Å². The summed E-state index contributed by atoms with van der Waals surface area (Å²) >= 11 is 1.63. The number of amides is 1. The molecule has 4 rings (SSSR count). The average molecular weight is 410 g/mol. The fourth-order valence-electron chi connectivity index (χ4n) is 3.48. The lowest BCUT2D eigenvalue weighted by Crippen LogP contribution is -2.36. The molecule has 0 aliphatic carbocycles. The minimum Gasteiger partial charge on any atom is -0.497 e. The number of thiophene rings is 1. The number of hydrazone groups is 1. The number of benzene rings is 1. The third-order valence-electron chi connectivity index (χ3n) is 4.83. The summed E-state index contributed by atoms with van der Waals surface area (Å²) in [5, 5.41) is 8.26. The van der Waals surface area contributed by atoms with E-state index in [4.69, 9.17) is 9.15 Å². The molecule has 0 saturated carbocycles. The highest BCUT2D eigenvalue weighted by atomic mass is 32.1. The Kier molecular flexibility index (Phi) is 5.78. The molecule has 3 aromatic rings. The lowest BCUT2D eigenvalue weighted by molar-refractivity contribution is -0.134. The van der Waals surface area contributed by atoms with Crippen molar-refractivity contribution < 1.29 is 13.9 Å². The molecule has 1 aliphatic heterocycles. The topological polar surface area (TPSA) is 58.3 Å². The first-order valence-corrected chi connectivity index (χ1v) is 10.3. The number of methoxy groups -OCH3 is 1. The van der Waals surface area contributed by atoms with Crippen molar-refractivity contribution in [2.24, 2.45) is 5.10 Å². The third-order valence-corrected chi connectivity index (χ3v) is 5.75. The highest BCUT2D eigenvalue weighted by Crippen LogP contribution is 2.34. The van der Waals surface area contributed by atoms with Crippen molar-refractivity contribution in [3.8, 4) is 5.75 Å². The van der Waals surface area contributed by atoms with Crippen LogP contribution in [-0.2, 0) is 11.3 Å². The van der Waals surface area contributed by atoms with E-state index in [1.165, 1.54) is 0 Å². The zero-order valence-corrected chi connectivity index (χ0v) is 17.3. The molecule has 2 aromatic heterocycles. The largest absolute Gasteiger partial charge is 0.497 e. The van der Waals surface area contributed by atoms with Crippen molar-refractivity contribution in [1.29, 1.82) is 0 Å². The molecule has 1 aromatic carbocycles. The van der Waals surface area contributed by atoms with Gasteiger partial charge in [-0.15, -0.1) is 11.3 Å². The number of carbonyl (C=O) groups excluding carboxylic acids is 1. The van der Waals surface area contributed by atoms with E-state index in [1.807, 2.05) is 65.9 Å². The van der Waals surface area contributed by atoms with Crippen molar-refractivity contribution in [3.63, 3.8) is 0 Å². The molecular weight excluding hydrogens is 386 g/mol. The molecule has 0 fully saturated rings.